The lowest BCUT2D eigenvalue weighted by Crippen LogP contribution is -2.13. The van der Waals surface area contributed by atoms with Crippen molar-refractivity contribution in [2.75, 3.05) is 0 Å². The summed E-state index contributed by atoms with van der Waals surface area (Å²) >= 11 is 11.8. The summed E-state index contributed by atoms with van der Waals surface area (Å²) in [7, 11) is 0. The molecule has 0 aliphatic rings. The van der Waals surface area contributed by atoms with Crippen LogP contribution < -0.4 is 5.73 Å². The van der Waals surface area contributed by atoms with Gasteiger partial charge in [0.25, 0.3) is 0 Å². The third-order valence-electron chi connectivity index (χ3n) is 2.51. The highest BCUT2D eigenvalue weighted by Gasteiger charge is 2.17. The van der Waals surface area contributed by atoms with Crippen LogP contribution in [0.3, 0.4) is 0 Å². The third kappa shape index (κ3) is 3.34. The Morgan fingerprint density at radius 2 is 1.88 bits per heavy atom. The van der Waals surface area contributed by atoms with Gasteiger partial charge in [0.15, 0.2) is 0 Å². The molecule has 0 saturated carbocycles. The molecule has 0 spiro atoms. The zero-order valence-electron chi connectivity index (χ0n) is 9.43. The summed E-state index contributed by atoms with van der Waals surface area (Å²) in [5.41, 5.74) is 6.26. The van der Waals surface area contributed by atoms with Crippen LogP contribution in [0.15, 0.2) is 12.1 Å². The highest BCUT2D eigenvalue weighted by atomic mass is 35.5. The summed E-state index contributed by atoms with van der Waals surface area (Å²) in [6, 6.07) is 2.35. The average molecular weight is 264 g/mol. The van der Waals surface area contributed by atoms with Crippen molar-refractivity contribution in [2.45, 2.75) is 32.7 Å². The van der Waals surface area contributed by atoms with Gasteiger partial charge in [-0.05, 0) is 30.9 Å². The third-order valence-corrected chi connectivity index (χ3v) is 3.32. The van der Waals surface area contributed by atoms with Gasteiger partial charge >= 0.3 is 0 Å². The van der Waals surface area contributed by atoms with Gasteiger partial charge in [0.1, 0.15) is 5.82 Å². The first kappa shape index (κ1) is 13.8. The number of hydrogen-bond acceptors (Lipinski definition) is 1. The minimum absolute atomic E-state index is 0.234. The molecule has 1 aromatic rings. The number of benzene rings is 1. The van der Waals surface area contributed by atoms with Crippen LogP contribution in [0, 0.1) is 11.7 Å². The first-order chi connectivity index (χ1) is 7.43. The lowest BCUT2D eigenvalue weighted by atomic mass is 9.98. The van der Waals surface area contributed by atoms with Crippen LogP contribution in [-0.4, -0.2) is 0 Å². The molecule has 0 saturated heterocycles. The molecule has 0 amide bonds. The Hall–Kier alpha value is -0.310. The van der Waals surface area contributed by atoms with Crippen molar-refractivity contribution in [3.05, 3.63) is 33.6 Å². The van der Waals surface area contributed by atoms with E-state index < -0.39 is 6.04 Å². The zero-order chi connectivity index (χ0) is 12.3. The number of nitrogens with two attached hydrogens (primary N) is 1. The standard InChI is InChI=1S/C12H16Cl2FN/c1-7(2)3-6-10(16)11-9(15)5-4-8(13)12(11)14/h4-5,7,10H,3,6,16H2,1-2H3/t10-/m1/s1. The van der Waals surface area contributed by atoms with E-state index >= 15 is 0 Å². The molecule has 0 aliphatic heterocycles. The summed E-state index contributed by atoms with van der Waals surface area (Å²) in [5, 5.41) is 0.580. The summed E-state index contributed by atoms with van der Waals surface area (Å²) in [4.78, 5) is 0. The van der Waals surface area contributed by atoms with Gasteiger partial charge in [-0.25, -0.2) is 4.39 Å². The van der Waals surface area contributed by atoms with Crippen LogP contribution in [0.4, 0.5) is 4.39 Å². The van der Waals surface area contributed by atoms with E-state index in [1.54, 1.807) is 0 Å². The molecule has 0 fully saturated rings. The summed E-state index contributed by atoms with van der Waals surface area (Å²) < 4.78 is 13.6. The summed E-state index contributed by atoms with van der Waals surface area (Å²) in [5.74, 6) is 0.151. The zero-order valence-corrected chi connectivity index (χ0v) is 10.9. The van der Waals surface area contributed by atoms with Gasteiger partial charge in [-0.1, -0.05) is 37.0 Å². The fourth-order valence-electron chi connectivity index (χ4n) is 1.54. The van der Waals surface area contributed by atoms with Crippen molar-refractivity contribution >= 4 is 23.2 Å². The molecule has 0 aromatic heterocycles. The Bertz CT molecular complexity index is 366. The Kier molecular flexibility index (Phi) is 5.03. The Morgan fingerprint density at radius 3 is 2.44 bits per heavy atom. The van der Waals surface area contributed by atoms with Crippen molar-refractivity contribution in [2.24, 2.45) is 11.7 Å². The first-order valence-electron chi connectivity index (χ1n) is 5.32. The minimum Gasteiger partial charge on any atom is -0.324 e. The predicted molar refractivity (Wildman–Crippen MR) is 67.4 cm³/mol. The molecule has 0 heterocycles. The normalized spacial score (nSPS) is 13.2. The molecule has 1 atom stereocenters. The van der Waals surface area contributed by atoms with Crippen molar-refractivity contribution in [3.63, 3.8) is 0 Å². The topological polar surface area (TPSA) is 26.0 Å². The van der Waals surface area contributed by atoms with Gasteiger partial charge in [-0.2, -0.15) is 0 Å². The molecule has 90 valence electrons. The monoisotopic (exact) mass is 263 g/mol. The molecule has 0 unspecified atom stereocenters. The maximum absolute atomic E-state index is 13.6. The van der Waals surface area contributed by atoms with Gasteiger partial charge in [-0.15, -0.1) is 0 Å². The Labute approximate surface area is 106 Å². The fraction of sp³-hybridized carbons (Fsp3) is 0.500. The quantitative estimate of drug-likeness (QED) is 0.792. The molecule has 0 bridgehead atoms. The van der Waals surface area contributed by atoms with E-state index in [9.17, 15) is 4.39 Å². The second-order valence-corrected chi connectivity index (χ2v) is 5.12. The molecule has 2 N–H and O–H groups in total. The van der Waals surface area contributed by atoms with E-state index in [2.05, 4.69) is 13.8 Å². The van der Waals surface area contributed by atoms with Gasteiger partial charge in [0.2, 0.25) is 0 Å². The second-order valence-electron chi connectivity index (χ2n) is 4.33. The number of halogens is 3. The van der Waals surface area contributed by atoms with Crippen LogP contribution >= 0.6 is 23.2 Å². The van der Waals surface area contributed by atoms with E-state index in [1.165, 1.54) is 12.1 Å². The molecule has 1 rings (SSSR count). The Balaban J connectivity index is 2.90. The highest BCUT2D eigenvalue weighted by molar-refractivity contribution is 6.42. The van der Waals surface area contributed by atoms with Crippen LogP contribution in [0.25, 0.3) is 0 Å². The van der Waals surface area contributed by atoms with Gasteiger partial charge in [-0.3, -0.25) is 0 Å². The second kappa shape index (κ2) is 5.85. The smallest absolute Gasteiger partial charge is 0.129 e. The van der Waals surface area contributed by atoms with Crippen molar-refractivity contribution in [3.8, 4) is 0 Å². The summed E-state index contributed by atoms with van der Waals surface area (Å²) in [6.45, 7) is 4.20. The van der Waals surface area contributed by atoms with Crippen molar-refractivity contribution in [1.29, 1.82) is 0 Å². The molecule has 0 radical (unpaired) electrons. The maximum atomic E-state index is 13.6. The van der Waals surface area contributed by atoms with Crippen LogP contribution in [-0.2, 0) is 0 Å². The van der Waals surface area contributed by atoms with Crippen LogP contribution in [0.2, 0.25) is 10.0 Å². The van der Waals surface area contributed by atoms with E-state index in [1.807, 2.05) is 0 Å². The lowest BCUT2D eigenvalue weighted by molar-refractivity contribution is 0.491. The molecular weight excluding hydrogens is 248 g/mol. The van der Waals surface area contributed by atoms with Gasteiger partial charge in [0.05, 0.1) is 10.0 Å². The predicted octanol–water partition coefficient (Wildman–Crippen LogP) is 4.57. The fourth-order valence-corrected chi connectivity index (χ4v) is 2.00. The van der Waals surface area contributed by atoms with Crippen LogP contribution in [0.1, 0.15) is 38.3 Å². The largest absolute Gasteiger partial charge is 0.324 e. The first-order valence-corrected chi connectivity index (χ1v) is 6.08. The molecule has 16 heavy (non-hydrogen) atoms. The molecule has 1 aromatic carbocycles. The van der Waals surface area contributed by atoms with Crippen molar-refractivity contribution in [1.82, 2.24) is 0 Å². The van der Waals surface area contributed by atoms with E-state index in [0.717, 1.165) is 6.42 Å². The average Bonchev–Trinajstić information content (AvgIpc) is 2.21. The van der Waals surface area contributed by atoms with Crippen molar-refractivity contribution < 1.29 is 4.39 Å². The van der Waals surface area contributed by atoms with E-state index in [0.29, 0.717) is 22.9 Å². The number of hydrogen-bond donors (Lipinski definition) is 1. The molecule has 1 nitrogen and oxygen atoms in total. The number of rotatable bonds is 4. The highest BCUT2D eigenvalue weighted by Crippen LogP contribution is 2.33. The van der Waals surface area contributed by atoms with E-state index in [4.69, 9.17) is 28.9 Å². The van der Waals surface area contributed by atoms with Gasteiger partial charge in [0, 0.05) is 11.6 Å². The lowest BCUT2D eigenvalue weighted by Gasteiger charge is -2.16. The molecular formula is C12H16Cl2FN. The molecule has 0 aliphatic carbocycles. The SMILES string of the molecule is CC(C)CC[C@@H](N)c1c(F)ccc(Cl)c1Cl. The van der Waals surface area contributed by atoms with Crippen LogP contribution in [0.5, 0.6) is 0 Å². The summed E-state index contributed by atoms with van der Waals surface area (Å²) in [6.07, 6.45) is 1.64. The van der Waals surface area contributed by atoms with Gasteiger partial charge < -0.3 is 5.73 Å². The minimum atomic E-state index is -0.395. The Morgan fingerprint density at radius 1 is 1.25 bits per heavy atom. The van der Waals surface area contributed by atoms with E-state index in [-0.39, 0.29) is 10.8 Å². The molecule has 4 heteroatoms. The maximum Gasteiger partial charge on any atom is 0.129 e.